The largest absolute Gasteiger partial charge is 0.353 e. The summed E-state index contributed by atoms with van der Waals surface area (Å²) in [6.45, 7) is 5.50. The number of amides is 2. The number of aromatic nitrogens is 1. The molecule has 0 aliphatic carbocycles. The van der Waals surface area contributed by atoms with Gasteiger partial charge in [0.1, 0.15) is 0 Å². The number of rotatable bonds is 6. The zero-order chi connectivity index (χ0) is 17.7. The van der Waals surface area contributed by atoms with Crippen LogP contribution in [0.4, 0.5) is 0 Å². The van der Waals surface area contributed by atoms with Crippen molar-refractivity contribution in [2.45, 2.75) is 45.2 Å². The fraction of sp³-hybridized carbons (Fsp3) is 0.611. The van der Waals surface area contributed by atoms with Crippen LogP contribution < -0.4 is 5.32 Å². The lowest BCUT2D eigenvalue weighted by Gasteiger charge is -2.33. The van der Waals surface area contributed by atoms with Gasteiger partial charge < -0.3 is 15.1 Å². The highest BCUT2D eigenvalue weighted by Gasteiger charge is 2.33. The van der Waals surface area contributed by atoms with Crippen molar-refractivity contribution < 1.29 is 9.59 Å². The Morgan fingerprint density at radius 2 is 2.21 bits per heavy atom. The Kier molecular flexibility index (Phi) is 6.31. The summed E-state index contributed by atoms with van der Waals surface area (Å²) in [5, 5.41) is 3.09. The molecule has 1 N–H and O–H groups in total. The van der Waals surface area contributed by atoms with Gasteiger partial charge >= 0.3 is 0 Å². The lowest BCUT2D eigenvalue weighted by atomic mass is 9.93. The first-order chi connectivity index (χ1) is 11.4. The van der Waals surface area contributed by atoms with Gasteiger partial charge in [-0.25, -0.2) is 0 Å². The summed E-state index contributed by atoms with van der Waals surface area (Å²) >= 11 is 0. The van der Waals surface area contributed by atoms with E-state index in [4.69, 9.17) is 0 Å². The van der Waals surface area contributed by atoms with Crippen LogP contribution >= 0.6 is 0 Å². The molecule has 0 bridgehead atoms. The quantitative estimate of drug-likeness (QED) is 0.854. The first-order valence-corrected chi connectivity index (χ1v) is 8.53. The van der Waals surface area contributed by atoms with Crippen LogP contribution in [0, 0.1) is 0 Å². The van der Waals surface area contributed by atoms with E-state index in [1.54, 1.807) is 18.0 Å². The standard InChI is InChI=1S/C18H28N4O2/c1-13(7-6-10-21(3)4)20-18(24)16-12-22(14(2)23)11-15-8-5-9-19-17(15)16/h5,8-9,13,16H,6-7,10-12H2,1-4H3,(H,20,24). The van der Waals surface area contributed by atoms with E-state index in [1.165, 1.54) is 0 Å². The molecule has 132 valence electrons. The predicted octanol–water partition coefficient (Wildman–Crippen LogP) is 1.37. The average Bonchev–Trinajstić information content (AvgIpc) is 2.53. The van der Waals surface area contributed by atoms with E-state index in [0.717, 1.165) is 30.6 Å². The van der Waals surface area contributed by atoms with Crippen LogP contribution in [-0.4, -0.2) is 59.8 Å². The number of carbonyl (C=O) groups excluding carboxylic acids is 2. The molecule has 0 saturated carbocycles. The number of pyridine rings is 1. The molecule has 0 aromatic carbocycles. The Balaban J connectivity index is 2.03. The van der Waals surface area contributed by atoms with Crippen LogP contribution in [0.25, 0.3) is 0 Å². The van der Waals surface area contributed by atoms with E-state index in [-0.39, 0.29) is 17.9 Å². The second-order valence-corrected chi connectivity index (χ2v) is 6.86. The highest BCUT2D eigenvalue weighted by Crippen LogP contribution is 2.26. The van der Waals surface area contributed by atoms with Crippen molar-refractivity contribution in [1.29, 1.82) is 0 Å². The van der Waals surface area contributed by atoms with Crippen LogP contribution in [0.2, 0.25) is 0 Å². The summed E-state index contributed by atoms with van der Waals surface area (Å²) in [6.07, 6.45) is 3.68. The Hall–Kier alpha value is -1.95. The minimum absolute atomic E-state index is 0.0127. The number of hydrogen-bond donors (Lipinski definition) is 1. The summed E-state index contributed by atoms with van der Waals surface area (Å²) in [5.74, 6) is -0.449. The highest BCUT2D eigenvalue weighted by molar-refractivity contribution is 5.85. The summed E-state index contributed by atoms with van der Waals surface area (Å²) in [7, 11) is 4.09. The normalized spacial score (nSPS) is 18.2. The van der Waals surface area contributed by atoms with Gasteiger partial charge in [0.2, 0.25) is 11.8 Å². The lowest BCUT2D eigenvalue weighted by Crippen LogP contribution is -2.45. The predicted molar refractivity (Wildman–Crippen MR) is 93.5 cm³/mol. The molecule has 24 heavy (non-hydrogen) atoms. The smallest absolute Gasteiger partial charge is 0.231 e. The zero-order valence-electron chi connectivity index (χ0n) is 15.1. The minimum Gasteiger partial charge on any atom is -0.353 e. The van der Waals surface area contributed by atoms with Crippen molar-refractivity contribution in [3.8, 4) is 0 Å². The van der Waals surface area contributed by atoms with Gasteiger partial charge in [-0.1, -0.05) is 6.07 Å². The Morgan fingerprint density at radius 3 is 2.88 bits per heavy atom. The SMILES string of the molecule is CC(=O)N1Cc2cccnc2C(C(=O)NC(C)CCCN(C)C)C1. The summed E-state index contributed by atoms with van der Waals surface area (Å²) in [4.78, 5) is 32.8. The molecular weight excluding hydrogens is 304 g/mol. The number of fused-ring (bicyclic) bond motifs is 1. The third-order valence-corrected chi connectivity index (χ3v) is 4.41. The van der Waals surface area contributed by atoms with Crippen LogP contribution in [0.5, 0.6) is 0 Å². The van der Waals surface area contributed by atoms with Crippen molar-refractivity contribution in [2.75, 3.05) is 27.2 Å². The van der Waals surface area contributed by atoms with Crippen molar-refractivity contribution in [1.82, 2.24) is 20.1 Å². The maximum Gasteiger partial charge on any atom is 0.231 e. The minimum atomic E-state index is -0.393. The third kappa shape index (κ3) is 4.77. The average molecular weight is 332 g/mol. The molecule has 6 nitrogen and oxygen atoms in total. The molecule has 0 spiro atoms. The van der Waals surface area contributed by atoms with Crippen molar-refractivity contribution in [3.05, 3.63) is 29.6 Å². The van der Waals surface area contributed by atoms with Crippen LogP contribution in [0.1, 0.15) is 43.9 Å². The van der Waals surface area contributed by atoms with Gasteiger partial charge in [-0.2, -0.15) is 0 Å². The molecule has 1 aromatic rings. The van der Waals surface area contributed by atoms with E-state index in [9.17, 15) is 9.59 Å². The summed E-state index contributed by atoms with van der Waals surface area (Å²) < 4.78 is 0. The second kappa shape index (κ2) is 8.24. The van der Waals surface area contributed by atoms with E-state index in [2.05, 4.69) is 15.2 Å². The van der Waals surface area contributed by atoms with Gasteiger partial charge in [0.05, 0.1) is 11.6 Å². The molecule has 6 heteroatoms. The summed E-state index contributed by atoms with van der Waals surface area (Å²) in [6, 6.07) is 3.90. The Morgan fingerprint density at radius 1 is 1.46 bits per heavy atom. The van der Waals surface area contributed by atoms with Gasteiger partial charge in [0, 0.05) is 32.3 Å². The third-order valence-electron chi connectivity index (χ3n) is 4.41. The fourth-order valence-corrected chi connectivity index (χ4v) is 3.05. The van der Waals surface area contributed by atoms with E-state index in [1.807, 2.05) is 33.2 Å². The van der Waals surface area contributed by atoms with Crippen molar-refractivity contribution >= 4 is 11.8 Å². The van der Waals surface area contributed by atoms with Crippen LogP contribution in [0.15, 0.2) is 18.3 Å². The van der Waals surface area contributed by atoms with Crippen LogP contribution in [0.3, 0.4) is 0 Å². The van der Waals surface area contributed by atoms with E-state index >= 15 is 0 Å². The molecule has 0 saturated heterocycles. The molecular formula is C18H28N4O2. The number of nitrogens with zero attached hydrogens (tertiary/aromatic N) is 3. The number of nitrogens with one attached hydrogen (secondary N) is 1. The monoisotopic (exact) mass is 332 g/mol. The van der Waals surface area contributed by atoms with Gasteiger partial charge in [-0.3, -0.25) is 14.6 Å². The lowest BCUT2D eigenvalue weighted by molar-refractivity contribution is -0.131. The Bertz CT molecular complexity index is 588. The molecule has 2 amide bonds. The Labute approximate surface area is 144 Å². The fourth-order valence-electron chi connectivity index (χ4n) is 3.05. The summed E-state index contributed by atoms with van der Waals surface area (Å²) in [5.41, 5.74) is 1.76. The number of carbonyl (C=O) groups is 2. The van der Waals surface area contributed by atoms with Gasteiger partial charge in [0.15, 0.2) is 0 Å². The van der Waals surface area contributed by atoms with Crippen LogP contribution in [-0.2, 0) is 16.1 Å². The molecule has 2 unspecified atom stereocenters. The highest BCUT2D eigenvalue weighted by atomic mass is 16.2. The first kappa shape index (κ1) is 18.4. The molecule has 0 fully saturated rings. The van der Waals surface area contributed by atoms with E-state index in [0.29, 0.717) is 13.1 Å². The molecule has 2 atom stereocenters. The molecule has 0 radical (unpaired) electrons. The van der Waals surface area contributed by atoms with Gasteiger partial charge in [-0.05, 0) is 52.0 Å². The zero-order valence-corrected chi connectivity index (χ0v) is 15.1. The molecule has 1 aliphatic rings. The maximum absolute atomic E-state index is 12.7. The van der Waals surface area contributed by atoms with Crippen molar-refractivity contribution in [2.24, 2.45) is 0 Å². The second-order valence-electron chi connectivity index (χ2n) is 6.86. The molecule has 2 rings (SSSR count). The first-order valence-electron chi connectivity index (χ1n) is 8.53. The topological polar surface area (TPSA) is 65.5 Å². The van der Waals surface area contributed by atoms with Gasteiger partial charge in [-0.15, -0.1) is 0 Å². The maximum atomic E-state index is 12.7. The van der Waals surface area contributed by atoms with Crippen molar-refractivity contribution in [3.63, 3.8) is 0 Å². The van der Waals surface area contributed by atoms with E-state index < -0.39 is 5.92 Å². The van der Waals surface area contributed by atoms with Gasteiger partial charge in [0.25, 0.3) is 0 Å². The molecule has 2 heterocycles. The molecule has 1 aliphatic heterocycles. The molecule has 1 aromatic heterocycles. The number of hydrogen-bond acceptors (Lipinski definition) is 4.